The van der Waals surface area contributed by atoms with Crippen LogP contribution in [-0.2, 0) is 24.4 Å². The van der Waals surface area contributed by atoms with Crippen molar-refractivity contribution in [1.82, 2.24) is 4.90 Å². The summed E-state index contributed by atoms with van der Waals surface area (Å²) in [6, 6.07) is 24.0. The number of rotatable bonds is 8. The summed E-state index contributed by atoms with van der Waals surface area (Å²) in [6.07, 6.45) is 1.60. The molecule has 0 saturated heterocycles. The average Bonchev–Trinajstić information content (AvgIpc) is 2.80. The van der Waals surface area contributed by atoms with Gasteiger partial charge in [0, 0.05) is 12.6 Å². The van der Waals surface area contributed by atoms with Crippen molar-refractivity contribution in [3.8, 4) is 5.75 Å². The van der Waals surface area contributed by atoms with Gasteiger partial charge in [0.05, 0.1) is 11.8 Å². The van der Waals surface area contributed by atoms with E-state index in [9.17, 15) is 9.90 Å². The normalized spacial score (nSPS) is 17.8. The van der Waals surface area contributed by atoms with Gasteiger partial charge in [-0.2, -0.15) is 0 Å². The molecule has 1 amide bonds. The largest absolute Gasteiger partial charge is 0.487 e. The SMILES string of the molecule is CN(Cc1ccccc1)[C@@H]1CCc2c(ccc(OCc3ccccc3)c2NC=O)[C@H]1O. The highest BCUT2D eigenvalue weighted by molar-refractivity contribution is 5.79. The second-order valence-corrected chi connectivity index (χ2v) is 7.99. The van der Waals surface area contributed by atoms with Gasteiger partial charge in [0.15, 0.2) is 0 Å². The number of anilines is 1. The van der Waals surface area contributed by atoms with E-state index in [4.69, 9.17) is 4.74 Å². The van der Waals surface area contributed by atoms with Gasteiger partial charge >= 0.3 is 0 Å². The molecule has 0 radical (unpaired) electrons. The van der Waals surface area contributed by atoms with Crippen molar-refractivity contribution in [3.63, 3.8) is 0 Å². The van der Waals surface area contributed by atoms with E-state index < -0.39 is 6.10 Å². The lowest BCUT2D eigenvalue weighted by Crippen LogP contribution is -2.39. The topological polar surface area (TPSA) is 61.8 Å². The molecule has 160 valence electrons. The zero-order valence-electron chi connectivity index (χ0n) is 17.7. The molecule has 3 aromatic carbocycles. The fourth-order valence-corrected chi connectivity index (χ4v) is 4.37. The van der Waals surface area contributed by atoms with E-state index in [1.54, 1.807) is 0 Å². The Labute approximate surface area is 183 Å². The quantitative estimate of drug-likeness (QED) is 0.537. The number of carbonyl (C=O) groups is 1. The number of aliphatic hydroxyl groups is 1. The van der Waals surface area contributed by atoms with E-state index in [-0.39, 0.29) is 6.04 Å². The summed E-state index contributed by atoms with van der Waals surface area (Å²) in [5.41, 5.74) is 4.74. The van der Waals surface area contributed by atoms with Crippen LogP contribution in [0.5, 0.6) is 5.75 Å². The van der Waals surface area contributed by atoms with Gasteiger partial charge in [-0.3, -0.25) is 9.69 Å². The van der Waals surface area contributed by atoms with Crippen molar-refractivity contribution >= 4 is 12.1 Å². The number of carbonyl (C=O) groups excluding carboxylic acids is 1. The molecule has 4 rings (SSSR count). The highest BCUT2D eigenvalue weighted by Gasteiger charge is 2.33. The molecule has 1 aliphatic rings. The maximum atomic E-state index is 11.3. The van der Waals surface area contributed by atoms with Gasteiger partial charge in [0.1, 0.15) is 12.4 Å². The van der Waals surface area contributed by atoms with Crippen molar-refractivity contribution < 1.29 is 14.6 Å². The highest BCUT2D eigenvalue weighted by Crippen LogP contribution is 2.41. The van der Waals surface area contributed by atoms with Crippen LogP contribution in [0.15, 0.2) is 72.8 Å². The molecule has 0 saturated carbocycles. The molecular weight excluding hydrogens is 388 g/mol. The van der Waals surface area contributed by atoms with Gasteiger partial charge in [0.25, 0.3) is 0 Å². The van der Waals surface area contributed by atoms with E-state index >= 15 is 0 Å². The Kier molecular flexibility index (Phi) is 6.65. The first-order valence-electron chi connectivity index (χ1n) is 10.6. The molecule has 0 aliphatic heterocycles. The summed E-state index contributed by atoms with van der Waals surface area (Å²) in [5.74, 6) is 0.623. The average molecular weight is 417 g/mol. The Balaban J connectivity index is 1.54. The van der Waals surface area contributed by atoms with Crippen LogP contribution in [0.1, 0.15) is 34.8 Å². The van der Waals surface area contributed by atoms with Gasteiger partial charge in [-0.25, -0.2) is 0 Å². The molecule has 31 heavy (non-hydrogen) atoms. The fourth-order valence-electron chi connectivity index (χ4n) is 4.37. The van der Waals surface area contributed by atoms with Crippen molar-refractivity contribution in [2.24, 2.45) is 0 Å². The molecule has 0 fully saturated rings. The van der Waals surface area contributed by atoms with E-state index in [0.29, 0.717) is 24.5 Å². The minimum atomic E-state index is -0.632. The van der Waals surface area contributed by atoms with Crippen molar-refractivity contribution in [3.05, 3.63) is 95.1 Å². The number of ether oxygens (including phenoxy) is 1. The molecule has 5 nitrogen and oxygen atoms in total. The zero-order chi connectivity index (χ0) is 21.6. The standard InChI is InChI=1S/C26H28N2O3/c1-28(16-19-8-4-2-5-9-19)23-14-12-21-22(26(23)30)13-15-24(25(21)27-18-29)31-17-20-10-6-3-7-11-20/h2-11,13,15,18,23,26,30H,12,14,16-17H2,1H3,(H,27,29)/t23-,26-/m1/s1. The number of hydrogen-bond donors (Lipinski definition) is 2. The smallest absolute Gasteiger partial charge is 0.211 e. The Morgan fingerprint density at radius 2 is 1.71 bits per heavy atom. The molecule has 0 unspecified atom stereocenters. The number of hydrogen-bond acceptors (Lipinski definition) is 4. The monoisotopic (exact) mass is 416 g/mol. The molecule has 0 bridgehead atoms. The number of nitrogens with one attached hydrogen (secondary N) is 1. The lowest BCUT2D eigenvalue weighted by Gasteiger charge is -2.37. The second-order valence-electron chi connectivity index (χ2n) is 7.99. The predicted molar refractivity (Wildman–Crippen MR) is 122 cm³/mol. The van der Waals surface area contributed by atoms with E-state index in [1.165, 1.54) is 5.56 Å². The minimum Gasteiger partial charge on any atom is -0.487 e. The summed E-state index contributed by atoms with van der Waals surface area (Å²) >= 11 is 0. The van der Waals surface area contributed by atoms with E-state index in [1.807, 2.05) is 67.7 Å². The van der Waals surface area contributed by atoms with Crippen LogP contribution in [0.3, 0.4) is 0 Å². The summed E-state index contributed by atoms with van der Waals surface area (Å²) in [4.78, 5) is 13.5. The molecule has 3 aromatic rings. The Bertz CT molecular complexity index is 1010. The first-order chi connectivity index (χ1) is 15.2. The molecule has 2 atom stereocenters. The van der Waals surface area contributed by atoms with Gasteiger partial charge in [-0.1, -0.05) is 66.7 Å². The summed E-state index contributed by atoms with van der Waals surface area (Å²) in [5, 5.41) is 14.0. The van der Waals surface area contributed by atoms with Gasteiger partial charge < -0.3 is 15.2 Å². The summed E-state index contributed by atoms with van der Waals surface area (Å²) in [6.45, 7) is 1.19. The van der Waals surface area contributed by atoms with E-state index in [0.717, 1.165) is 36.1 Å². The van der Waals surface area contributed by atoms with Crippen molar-refractivity contribution in [2.45, 2.75) is 38.1 Å². The number of amides is 1. The van der Waals surface area contributed by atoms with Crippen LogP contribution >= 0.6 is 0 Å². The van der Waals surface area contributed by atoms with Gasteiger partial charge in [0.2, 0.25) is 6.41 Å². The Morgan fingerprint density at radius 3 is 2.39 bits per heavy atom. The number of nitrogens with zero attached hydrogens (tertiary/aromatic N) is 1. The third kappa shape index (κ3) is 4.79. The zero-order valence-corrected chi connectivity index (χ0v) is 17.7. The minimum absolute atomic E-state index is 0.00729. The third-order valence-electron chi connectivity index (χ3n) is 5.97. The predicted octanol–water partition coefficient (Wildman–Crippen LogP) is 4.31. The number of aliphatic hydroxyl groups excluding tert-OH is 1. The number of benzene rings is 3. The molecular formula is C26H28N2O3. The lowest BCUT2D eigenvalue weighted by molar-refractivity contribution is -0.105. The molecule has 0 aromatic heterocycles. The van der Waals surface area contributed by atoms with Crippen LogP contribution in [0.25, 0.3) is 0 Å². The van der Waals surface area contributed by atoms with Crippen LogP contribution in [0.2, 0.25) is 0 Å². The van der Waals surface area contributed by atoms with Gasteiger partial charge in [-0.05, 0) is 48.2 Å². The number of fused-ring (bicyclic) bond motifs is 1. The number of likely N-dealkylation sites (N-methyl/N-ethyl adjacent to an activating group) is 1. The molecule has 0 spiro atoms. The fraction of sp³-hybridized carbons (Fsp3) is 0.269. The molecule has 2 N–H and O–H groups in total. The van der Waals surface area contributed by atoms with Crippen molar-refractivity contribution in [2.75, 3.05) is 12.4 Å². The highest BCUT2D eigenvalue weighted by atomic mass is 16.5. The molecule has 5 heteroatoms. The van der Waals surface area contributed by atoms with Crippen LogP contribution in [-0.4, -0.2) is 29.5 Å². The van der Waals surface area contributed by atoms with Crippen molar-refractivity contribution in [1.29, 1.82) is 0 Å². The van der Waals surface area contributed by atoms with E-state index in [2.05, 4.69) is 22.3 Å². The second kappa shape index (κ2) is 9.77. The Morgan fingerprint density at radius 1 is 1.03 bits per heavy atom. The molecule has 1 aliphatic carbocycles. The van der Waals surface area contributed by atoms with Gasteiger partial charge in [-0.15, -0.1) is 0 Å². The summed E-state index contributed by atoms with van der Waals surface area (Å²) < 4.78 is 6.02. The first-order valence-corrected chi connectivity index (χ1v) is 10.6. The van der Waals surface area contributed by atoms with Crippen LogP contribution in [0.4, 0.5) is 5.69 Å². The molecule has 0 heterocycles. The lowest BCUT2D eigenvalue weighted by atomic mass is 9.83. The first kappa shape index (κ1) is 21.1. The maximum absolute atomic E-state index is 11.3. The van der Waals surface area contributed by atoms with Crippen LogP contribution in [0, 0.1) is 0 Å². The summed E-state index contributed by atoms with van der Waals surface area (Å²) in [7, 11) is 2.05. The third-order valence-corrected chi connectivity index (χ3v) is 5.97. The van der Waals surface area contributed by atoms with Crippen LogP contribution < -0.4 is 10.1 Å². The Hall–Kier alpha value is -3.15. The maximum Gasteiger partial charge on any atom is 0.211 e.